The highest BCUT2D eigenvalue weighted by atomic mass is 16.5. The van der Waals surface area contributed by atoms with Crippen LogP contribution in [-0.2, 0) is 16.1 Å². The predicted octanol–water partition coefficient (Wildman–Crippen LogP) is 3.87. The van der Waals surface area contributed by atoms with E-state index in [2.05, 4.69) is 5.32 Å². The first-order chi connectivity index (χ1) is 13.8. The molecule has 0 aromatic heterocycles. The number of hydrogen-bond acceptors (Lipinski definition) is 3. The van der Waals surface area contributed by atoms with Gasteiger partial charge < -0.3 is 15.0 Å². The van der Waals surface area contributed by atoms with Gasteiger partial charge in [-0.05, 0) is 43.9 Å². The van der Waals surface area contributed by atoms with E-state index in [0.29, 0.717) is 24.8 Å². The molecule has 1 N–H and O–H groups in total. The summed E-state index contributed by atoms with van der Waals surface area (Å²) in [6.45, 7) is 10.6. The lowest BCUT2D eigenvalue weighted by molar-refractivity contribution is -0.142. The van der Waals surface area contributed by atoms with Crippen LogP contribution < -0.4 is 10.1 Å². The smallest absolute Gasteiger partial charge is 0.261 e. The fraction of sp³-hybridized carbons (Fsp3) is 0.417. The van der Waals surface area contributed by atoms with Crippen molar-refractivity contribution in [2.45, 2.75) is 47.2 Å². The first-order valence-corrected chi connectivity index (χ1v) is 10.1. The van der Waals surface area contributed by atoms with Crippen molar-refractivity contribution in [3.05, 3.63) is 65.2 Å². The third-order valence-electron chi connectivity index (χ3n) is 4.73. The van der Waals surface area contributed by atoms with Gasteiger partial charge in [0.25, 0.3) is 5.91 Å². The van der Waals surface area contributed by atoms with Crippen LogP contribution in [0.4, 0.5) is 0 Å². The number of carbonyl (C=O) groups is 2. The lowest BCUT2D eigenvalue weighted by Gasteiger charge is -2.29. The van der Waals surface area contributed by atoms with E-state index in [4.69, 9.17) is 4.74 Å². The summed E-state index contributed by atoms with van der Waals surface area (Å²) in [5, 5.41) is 2.92. The minimum Gasteiger partial charge on any atom is -0.483 e. The van der Waals surface area contributed by atoms with Crippen LogP contribution in [0.1, 0.15) is 37.5 Å². The molecule has 0 heterocycles. The molecule has 2 aromatic rings. The number of nitrogens with one attached hydrogen (secondary N) is 1. The van der Waals surface area contributed by atoms with Gasteiger partial charge in [-0.15, -0.1) is 0 Å². The van der Waals surface area contributed by atoms with Crippen LogP contribution in [0.25, 0.3) is 0 Å². The number of aryl methyl sites for hydroxylation is 2. The van der Waals surface area contributed by atoms with Crippen molar-refractivity contribution in [1.82, 2.24) is 10.2 Å². The molecule has 0 aliphatic carbocycles. The topological polar surface area (TPSA) is 58.6 Å². The highest BCUT2D eigenvalue weighted by Gasteiger charge is 2.26. The Morgan fingerprint density at radius 2 is 1.72 bits per heavy atom. The monoisotopic (exact) mass is 396 g/mol. The standard InChI is InChI=1S/C24H32N2O3/c1-17(2)14-25-24(28)20(5)26(15-21-9-7-6-8-10-21)23(27)16-29-22-12-11-18(3)13-19(22)4/h6-13,17,20H,14-16H2,1-5H3,(H,25,28)/t20-/m1/s1. The number of rotatable bonds is 9. The molecule has 29 heavy (non-hydrogen) atoms. The normalized spacial score (nSPS) is 11.8. The highest BCUT2D eigenvalue weighted by Crippen LogP contribution is 2.19. The molecule has 156 valence electrons. The first-order valence-electron chi connectivity index (χ1n) is 10.1. The van der Waals surface area contributed by atoms with Crippen molar-refractivity contribution >= 4 is 11.8 Å². The second-order valence-electron chi connectivity index (χ2n) is 7.88. The van der Waals surface area contributed by atoms with Gasteiger partial charge in [-0.2, -0.15) is 0 Å². The van der Waals surface area contributed by atoms with Gasteiger partial charge in [-0.1, -0.05) is 61.9 Å². The van der Waals surface area contributed by atoms with Crippen LogP contribution >= 0.6 is 0 Å². The maximum Gasteiger partial charge on any atom is 0.261 e. The van der Waals surface area contributed by atoms with Crippen LogP contribution in [0.5, 0.6) is 5.75 Å². The molecule has 0 aliphatic rings. The highest BCUT2D eigenvalue weighted by molar-refractivity contribution is 5.88. The average Bonchev–Trinajstić information content (AvgIpc) is 2.69. The van der Waals surface area contributed by atoms with Crippen LogP contribution in [0.2, 0.25) is 0 Å². The van der Waals surface area contributed by atoms with Crippen LogP contribution in [0, 0.1) is 19.8 Å². The SMILES string of the molecule is Cc1ccc(OCC(=O)N(Cc2ccccc2)[C@H](C)C(=O)NCC(C)C)c(C)c1. The molecule has 2 aromatic carbocycles. The van der Waals surface area contributed by atoms with E-state index in [1.54, 1.807) is 11.8 Å². The van der Waals surface area contributed by atoms with Crippen LogP contribution in [0.15, 0.2) is 48.5 Å². The Morgan fingerprint density at radius 3 is 2.34 bits per heavy atom. The number of amides is 2. The molecule has 2 rings (SSSR count). The lowest BCUT2D eigenvalue weighted by atomic mass is 10.1. The maximum absolute atomic E-state index is 13.0. The third kappa shape index (κ3) is 6.93. The Hall–Kier alpha value is -2.82. The van der Waals surface area contributed by atoms with E-state index in [9.17, 15) is 9.59 Å². The van der Waals surface area contributed by atoms with Gasteiger partial charge in [0, 0.05) is 13.1 Å². The van der Waals surface area contributed by atoms with Crippen LogP contribution in [-0.4, -0.2) is 35.9 Å². The fourth-order valence-corrected chi connectivity index (χ4v) is 3.00. The molecule has 0 bridgehead atoms. The van der Waals surface area contributed by atoms with Gasteiger partial charge in [-0.3, -0.25) is 9.59 Å². The van der Waals surface area contributed by atoms with Gasteiger partial charge in [0.15, 0.2) is 6.61 Å². The van der Waals surface area contributed by atoms with Crippen LogP contribution in [0.3, 0.4) is 0 Å². The Balaban J connectivity index is 2.12. The number of nitrogens with zero attached hydrogens (tertiary/aromatic N) is 1. The molecule has 0 saturated carbocycles. The van der Waals surface area contributed by atoms with Gasteiger partial charge in [0.05, 0.1) is 0 Å². The lowest BCUT2D eigenvalue weighted by Crippen LogP contribution is -2.49. The van der Waals surface area contributed by atoms with Crippen molar-refractivity contribution in [2.75, 3.05) is 13.2 Å². The first kappa shape index (κ1) is 22.5. The zero-order chi connectivity index (χ0) is 21.4. The van der Waals surface area contributed by atoms with E-state index < -0.39 is 6.04 Å². The molecule has 0 saturated heterocycles. The average molecular weight is 397 g/mol. The zero-order valence-electron chi connectivity index (χ0n) is 18.1. The molecule has 0 spiro atoms. The fourth-order valence-electron chi connectivity index (χ4n) is 3.00. The number of carbonyl (C=O) groups excluding carboxylic acids is 2. The Bertz CT molecular complexity index is 818. The van der Waals surface area contributed by atoms with E-state index in [0.717, 1.165) is 16.7 Å². The summed E-state index contributed by atoms with van der Waals surface area (Å²) in [5.41, 5.74) is 3.09. The number of ether oxygens (including phenoxy) is 1. The van der Waals surface area contributed by atoms with Gasteiger partial charge in [0.1, 0.15) is 11.8 Å². The van der Waals surface area contributed by atoms with E-state index in [1.807, 2.05) is 76.2 Å². The number of benzene rings is 2. The van der Waals surface area contributed by atoms with E-state index >= 15 is 0 Å². The molecule has 5 nitrogen and oxygen atoms in total. The molecule has 1 atom stereocenters. The largest absolute Gasteiger partial charge is 0.483 e. The van der Waals surface area contributed by atoms with E-state index in [1.165, 1.54) is 0 Å². The predicted molar refractivity (Wildman–Crippen MR) is 116 cm³/mol. The second kappa shape index (κ2) is 10.6. The minimum atomic E-state index is -0.593. The second-order valence-corrected chi connectivity index (χ2v) is 7.88. The van der Waals surface area contributed by atoms with Gasteiger partial charge >= 0.3 is 0 Å². The quantitative estimate of drug-likeness (QED) is 0.700. The molecular formula is C24H32N2O3. The molecule has 0 fully saturated rings. The maximum atomic E-state index is 13.0. The van der Waals surface area contributed by atoms with Crippen molar-refractivity contribution in [3.63, 3.8) is 0 Å². The summed E-state index contributed by atoms with van der Waals surface area (Å²) in [6, 6.07) is 14.9. The Kier molecular flexibility index (Phi) is 8.25. The molecule has 2 amide bonds. The summed E-state index contributed by atoms with van der Waals surface area (Å²) < 4.78 is 5.78. The summed E-state index contributed by atoms with van der Waals surface area (Å²) in [5.74, 6) is 0.647. The Morgan fingerprint density at radius 1 is 1.03 bits per heavy atom. The third-order valence-corrected chi connectivity index (χ3v) is 4.73. The zero-order valence-corrected chi connectivity index (χ0v) is 18.1. The van der Waals surface area contributed by atoms with Gasteiger partial charge in [0.2, 0.25) is 5.91 Å². The van der Waals surface area contributed by atoms with Crippen molar-refractivity contribution < 1.29 is 14.3 Å². The van der Waals surface area contributed by atoms with E-state index in [-0.39, 0.29) is 18.4 Å². The molecule has 0 unspecified atom stereocenters. The van der Waals surface area contributed by atoms with Crippen molar-refractivity contribution in [3.8, 4) is 5.75 Å². The summed E-state index contributed by atoms with van der Waals surface area (Å²) >= 11 is 0. The molecule has 5 heteroatoms. The molecule has 0 aliphatic heterocycles. The number of hydrogen-bond donors (Lipinski definition) is 1. The minimum absolute atomic E-state index is 0.113. The van der Waals surface area contributed by atoms with Gasteiger partial charge in [-0.25, -0.2) is 0 Å². The Labute approximate surface area is 174 Å². The summed E-state index contributed by atoms with van der Waals surface area (Å²) in [7, 11) is 0. The molecular weight excluding hydrogens is 364 g/mol. The molecule has 0 radical (unpaired) electrons. The van der Waals surface area contributed by atoms with Crippen molar-refractivity contribution in [1.29, 1.82) is 0 Å². The summed E-state index contributed by atoms with van der Waals surface area (Å²) in [6.07, 6.45) is 0. The summed E-state index contributed by atoms with van der Waals surface area (Å²) in [4.78, 5) is 27.2. The van der Waals surface area contributed by atoms with Crippen molar-refractivity contribution in [2.24, 2.45) is 5.92 Å².